The van der Waals surface area contributed by atoms with Gasteiger partial charge in [-0.1, -0.05) is 24.3 Å². The van der Waals surface area contributed by atoms with Gasteiger partial charge in [-0.2, -0.15) is 0 Å². The topological polar surface area (TPSA) is 32.3 Å². The van der Waals surface area contributed by atoms with Gasteiger partial charge in [0.25, 0.3) is 0 Å². The van der Waals surface area contributed by atoms with Crippen LogP contribution in [0.3, 0.4) is 0 Å². The summed E-state index contributed by atoms with van der Waals surface area (Å²) in [6.45, 7) is 0.872. The maximum atomic E-state index is 13.0. The van der Waals surface area contributed by atoms with E-state index in [0.29, 0.717) is 18.7 Å². The number of rotatable bonds is 4. The smallest absolute Gasteiger partial charge is 0.159 e. The van der Waals surface area contributed by atoms with Gasteiger partial charge >= 0.3 is 0 Å². The lowest BCUT2D eigenvalue weighted by molar-refractivity contribution is 0.464. The second kappa shape index (κ2) is 5.60. The molecule has 0 aliphatic carbocycles. The fourth-order valence-electron chi connectivity index (χ4n) is 1.65. The van der Waals surface area contributed by atoms with Gasteiger partial charge in [0, 0.05) is 18.7 Å². The Morgan fingerprint density at radius 3 is 2.44 bits per heavy atom. The van der Waals surface area contributed by atoms with Crippen LogP contribution < -0.4 is 5.32 Å². The van der Waals surface area contributed by atoms with Crippen LogP contribution in [0.1, 0.15) is 11.1 Å². The molecule has 0 aliphatic rings. The molecule has 4 heteroatoms. The molecular weight excluding hydrogens is 236 g/mol. The van der Waals surface area contributed by atoms with Gasteiger partial charge in [-0.25, -0.2) is 8.78 Å². The van der Waals surface area contributed by atoms with Crippen LogP contribution in [-0.4, -0.2) is 5.11 Å². The zero-order chi connectivity index (χ0) is 13.0. The zero-order valence-electron chi connectivity index (χ0n) is 9.66. The van der Waals surface area contributed by atoms with Crippen molar-refractivity contribution in [3.05, 3.63) is 65.2 Å². The first-order chi connectivity index (χ1) is 8.66. The summed E-state index contributed by atoms with van der Waals surface area (Å²) in [6.07, 6.45) is 0. The minimum Gasteiger partial charge on any atom is -0.508 e. The average Bonchev–Trinajstić information content (AvgIpc) is 2.36. The highest BCUT2D eigenvalue weighted by Gasteiger charge is 2.03. The first-order valence-corrected chi connectivity index (χ1v) is 5.58. The maximum absolute atomic E-state index is 13.0. The second-order valence-electron chi connectivity index (χ2n) is 3.98. The van der Waals surface area contributed by atoms with E-state index >= 15 is 0 Å². The van der Waals surface area contributed by atoms with Crippen LogP contribution in [0.4, 0.5) is 8.78 Å². The highest BCUT2D eigenvalue weighted by molar-refractivity contribution is 5.31. The normalized spacial score (nSPS) is 10.6. The van der Waals surface area contributed by atoms with E-state index in [4.69, 9.17) is 0 Å². The van der Waals surface area contributed by atoms with Gasteiger partial charge in [0.05, 0.1) is 0 Å². The lowest BCUT2D eigenvalue weighted by atomic mass is 10.2. The average molecular weight is 249 g/mol. The molecule has 2 rings (SSSR count). The second-order valence-corrected chi connectivity index (χ2v) is 3.98. The predicted molar refractivity (Wildman–Crippen MR) is 65.0 cm³/mol. The van der Waals surface area contributed by atoms with Crippen molar-refractivity contribution >= 4 is 0 Å². The molecule has 2 aromatic rings. The standard InChI is InChI=1S/C14H13F2NO/c15-12-6-5-10(7-13(12)16)8-17-9-11-3-1-2-4-14(11)18/h1-7,17-18H,8-9H2. The number of aromatic hydroxyl groups is 1. The molecule has 0 spiro atoms. The van der Waals surface area contributed by atoms with Crippen LogP contribution in [0.5, 0.6) is 5.75 Å². The molecule has 0 atom stereocenters. The van der Waals surface area contributed by atoms with Crippen LogP contribution in [0.2, 0.25) is 0 Å². The lowest BCUT2D eigenvalue weighted by Crippen LogP contribution is -2.13. The van der Waals surface area contributed by atoms with Gasteiger partial charge in [0.2, 0.25) is 0 Å². The molecule has 0 unspecified atom stereocenters. The van der Waals surface area contributed by atoms with Gasteiger partial charge in [-0.15, -0.1) is 0 Å². The summed E-state index contributed by atoms with van der Waals surface area (Å²) >= 11 is 0. The Hall–Kier alpha value is -1.94. The number of phenols is 1. The van der Waals surface area contributed by atoms with Crippen LogP contribution >= 0.6 is 0 Å². The molecule has 0 fully saturated rings. The lowest BCUT2D eigenvalue weighted by Gasteiger charge is -2.07. The van der Waals surface area contributed by atoms with Crippen molar-refractivity contribution in [1.82, 2.24) is 5.32 Å². The Bertz CT molecular complexity index is 543. The maximum Gasteiger partial charge on any atom is 0.159 e. The molecule has 2 N–H and O–H groups in total. The Kier molecular flexibility index (Phi) is 3.89. The van der Waals surface area contributed by atoms with Crippen molar-refractivity contribution < 1.29 is 13.9 Å². The molecular formula is C14H13F2NO. The van der Waals surface area contributed by atoms with E-state index < -0.39 is 11.6 Å². The van der Waals surface area contributed by atoms with Gasteiger partial charge in [0.1, 0.15) is 5.75 Å². The molecule has 0 aliphatic heterocycles. The number of hydrogen-bond acceptors (Lipinski definition) is 2. The van der Waals surface area contributed by atoms with Crippen LogP contribution in [0.25, 0.3) is 0 Å². The Labute approximate surface area is 104 Å². The van der Waals surface area contributed by atoms with E-state index in [9.17, 15) is 13.9 Å². The highest BCUT2D eigenvalue weighted by Crippen LogP contribution is 2.15. The van der Waals surface area contributed by atoms with Crippen molar-refractivity contribution in [3.63, 3.8) is 0 Å². The van der Waals surface area contributed by atoms with Crippen molar-refractivity contribution in [2.75, 3.05) is 0 Å². The highest BCUT2D eigenvalue weighted by atomic mass is 19.2. The summed E-state index contributed by atoms with van der Waals surface area (Å²) in [5.74, 6) is -1.48. The fourth-order valence-corrected chi connectivity index (χ4v) is 1.65. The number of phenolic OH excluding ortho intramolecular Hbond substituents is 1. The third-order valence-electron chi connectivity index (χ3n) is 2.62. The number of nitrogens with one attached hydrogen (secondary N) is 1. The minimum absolute atomic E-state index is 0.218. The molecule has 0 radical (unpaired) electrons. The van der Waals surface area contributed by atoms with Crippen LogP contribution in [-0.2, 0) is 13.1 Å². The fraction of sp³-hybridized carbons (Fsp3) is 0.143. The van der Waals surface area contributed by atoms with Crippen molar-refractivity contribution in [1.29, 1.82) is 0 Å². The summed E-state index contributed by atoms with van der Waals surface area (Å²) in [6, 6.07) is 10.8. The van der Waals surface area contributed by atoms with Crippen LogP contribution in [0, 0.1) is 11.6 Å². The van der Waals surface area contributed by atoms with Crippen LogP contribution in [0.15, 0.2) is 42.5 Å². The van der Waals surface area contributed by atoms with E-state index in [1.54, 1.807) is 18.2 Å². The molecule has 0 bridgehead atoms. The summed E-state index contributed by atoms with van der Waals surface area (Å²) in [4.78, 5) is 0. The third-order valence-corrected chi connectivity index (χ3v) is 2.62. The molecule has 2 aromatic carbocycles. The Morgan fingerprint density at radius 1 is 0.944 bits per heavy atom. The zero-order valence-corrected chi connectivity index (χ0v) is 9.66. The number of halogens is 2. The summed E-state index contributed by atoms with van der Waals surface area (Å²) < 4.78 is 25.7. The summed E-state index contributed by atoms with van der Waals surface area (Å²) in [7, 11) is 0. The van der Waals surface area contributed by atoms with Crippen molar-refractivity contribution in [3.8, 4) is 5.75 Å². The SMILES string of the molecule is Oc1ccccc1CNCc1ccc(F)c(F)c1. The first-order valence-electron chi connectivity index (χ1n) is 5.58. The largest absolute Gasteiger partial charge is 0.508 e. The van der Waals surface area contributed by atoms with E-state index in [1.807, 2.05) is 6.07 Å². The predicted octanol–water partition coefficient (Wildman–Crippen LogP) is 2.96. The number of benzene rings is 2. The Morgan fingerprint density at radius 2 is 1.72 bits per heavy atom. The molecule has 0 saturated carbocycles. The summed E-state index contributed by atoms with van der Waals surface area (Å²) in [5.41, 5.74) is 1.42. The molecule has 0 heterocycles. The number of para-hydroxylation sites is 1. The van der Waals surface area contributed by atoms with Crippen molar-refractivity contribution in [2.24, 2.45) is 0 Å². The molecule has 18 heavy (non-hydrogen) atoms. The minimum atomic E-state index is -0.850. The quantitative estimate of drug-likeness (QED) is 0.873. The van der Waals surface area contributed by atoms with Gasteiger partial charge in [0.15, 0.2) is 11.6 Å². The number of hydrogen-bond donors (Lipinski definition) is 2. The van der Waals surface area contributed by atoms with E-state index in [-0.39, 0.29) is 5.75 Å². The van der Waals surface area contributed by atoms with E-state index in [2.05, 4.69) is 5.32 Å². The van der Waals surface area contributed by atoms with Gasteiger partial charge in [-0.3, -0.25) is 0 Å². The Balaban J connectivity index is 1.92. The molecule has 94 valence electrons. The third kappa shape index (κ3) is 3.05. The van der Waals surface area contributed by atoms with E-state index in [1.165, 1.54) is 6.07 Å². The molecule has 0 saturated heterocycles. The summed E-state index contributed by atoms with van der Waals surface area (Å²) in [5, 5.41) is 12.6. The molecule has 2 nitrogen and oxygen atoms in total. The van der Waals surface area contributed by atoms with Gasteiger partial charge in [-0.05, 0) is 23.8 Å². The monoisotopic (exact) mass is 249 g/mol. The molecule has 0 aromatic heterocycles. The first kappa shape index (κ1) is 12.5. The van der Waals surface area contributed by atoms with E-state index in [0.717, 1.165) is 17.7 Å². The van der Waals surface area contributed by atoms with Gasteiger partial charge < -0.3 is 10.4 Å². The molecule has 0 amide bonds. The van der Waals surface area contributed by atoms with Crippen molar-refractivity contribution in [2.45, 2.75) is 13.1 Å².